The SMILES string of the molecule is O=C1Nc2ccccc2/C1=C1\OCc2cc(CCNCC3CCOCC3)ccc21. The van der Waals surface area contributed by atoms with Crippen LogP contribution in [-0.4, -0.2) is 32.2 Å². The van der Waals surface area contributed by atoms with Gasteiger partial charge in [-0.2, -0.15) is 0 Å². The summed E-state index contributed by atoms with van der Waals surface area (Å²) in [5.74, 6) is 1.36. The molecule has 0 atom stereocenters. The monoisotopic (exact) mass is 390 g/mol. The molecule has 2 aromatic carbocycles. The molecule has 1 amide bonds. The molecule has 0 spiro atoms. The summed E-state index contributed by atoms with van der Waals surface area (Å²) in [5.41, 5.74) is 5.91. The van der Waals surface area contributed by atoms with Crippen LogP contribution in [0.1, 0.15) is 35.1 Å². The lowest BCUT2D eigenvalue weighted by Gasteiger charge is -2.22. The average molecular weight is 390 g/mol. The van der Waals surface area contributed by atoms with E-state index in [2.05, 4.69) is 28.8 Å². The second-order valence-corrected chi connectivity index (χ2v) is 7.99. The van der Waals surface area contributed by atoms with Gasteiger partial charge in [0.2, 0.25) is 0 Å². The standard InChI is InChI=1S/C24H26N2O3/c27-24-22(20-3-1-2-4-21(20)26-24)23-19-6-5-16(13-18(19)15-29-23)7-10-25-14-17-8-11-28-12-9-17/h1-6,13,17,25H,7-12,14-15H2,(H,26,27)/b23-22+. The highest BCUT2D eigenvalue weighted by atomic mass is 16.5. The summed E-state index contributed by atoms with van der Waals surface area (Å²) in [5, 5.41) is 6.53. The molecule has 2 aromatic rings. The number of hydrogen-bond acceptors (Lipinski definition) is 4. The van der Waals surface area contributed by atoms with Crippen molar-refractivity contribution < 1.29 is 14.3 Å². The zero-order valence-electron chi connectivity index (χ0n) is 16.5. The number of ether oxygens (including phenoxy) is 2. The van der Waals surface area contributed by atoms with Gasteiger partial charge in [0, 0.05) is 35.6 Å². The molecule has 1 fully saturated rings. The molecule has 5 heteroatoms. The van der Waals surface area contributed by atoms with Crippen LogP contribution in [0.2, 0.25) is 0 Å². The Balaban J connectivity index is 1.28. The quantitative estimate of drug-likeness (QED) is 0.605. The van der Waals surface area contributed by atoms with E-state index in [1.165, 1.54) is 5.56 Å². The lowest BCUT2D eigenvalue weighted by Crippen LogP contribution is -2.29. The molecule has 3 heterocycles. The third-order valence-electron chi connectivity index (χ3n) is 6.05. The maximum absolute atomic E-state index is 12.5. The first-order valence-electron chi connectivity index (χ1n) is 10.5. The van der Waals surface area contributed by atoms with Crippen LogP contribution in [0.25, 0.3) is 11.3 Å². The summed E-state index contributed by atoms with van der Waals surface area (Å²) < 4.78 is 11.4. The lowest BCUT2D eigenvalue weighted by atomic mass is 9.98. The molecule has 3 aliphatic heterocycles. The minimum Gasteiger partial charge on any atom is -0.487 e. The summed E-state index contributed by atoms with van der Waals surface area (Å²) in [6.45, 7) is 4.37. The number of anilines is 1. The molecule has 5 nitrogen and oxygen atoms in total. The molecule has 150 valence electrons. The first-order valence-corrected chi connectivity index (χ1v) is 10.5. The predicted molar refractivity (Wildman–Crippen MR) is 113 cm³/mol. The molecule has 0 bridgehead atoms. The van der Waals surface area contributed by atoms with Gasteiger partial charge in [-0.15, -0.1) is 0 Å². The highest BCUT2D eigenvalue weighted by molar-refractivity contribution is 6.36. The van der Waals surface area contributed by atoms with Crippen molar-refractivity contribution in [1.29, 1.82) is 0 Å². The molecule has 0 saturated carbocycles. The summed E-state index contributed by atoms with van der Waals surface area (Å²) >= 11 is 0. The summed E-state index contributed by atoms with van der Waals surface area (Å²) in [6, 6.07) is 14.3. The third-order valence-corrected chi connectivity index (χ3v) is 6.05. The second-order valence-electron chi connectivity index (χ2n) is 7.99. The largest absolute Gasteiger partial charge is 0.487 e. The van der Waals surface area contributed by atoms with Gasteiger partial charge in [-0.3, -0.25) is 4.79 Å². The minimum absolute atomic E-state index is 0.0876. The Bertz CT molecular complexity index is 960. The second kappa shape index (κ2) is 8.01. The Kier molecular flexibility index (Phi) is 5.08. The van der Waals surface area contributed by atoms with Crippen LogP contribution in [0.15, 0.2) is 42.5 Å². The van der Waals surface area contributed by atoms with E-state index in [0.717, 1.165) is 73.9 Å². The van der Waals surface area contributed by atoms with E-state index in [9.17, 15) is 4.79 Å². The Labute approximate surface area is 171 Å². The van der Waals surface area contributed by atoms with Crippen LogP contribution in [0, 0.1) is 5.92 Å². The molecule has 0 aromatic heterocycles. The van der Waals surface area contributed by atoms with E-state index >= 15 is 0 Å². The zero-order valence-corrected chi connectivity index (χ0v) is 16.5. The van der Waals surface area contributed by atoms with Crippen molar-refractivity contribution in [2.75, 3.05) is 31.6 Å². The van der Waals surface area contributed by atoms with E-state index < -0.39 is 0 Å². The van der Waals surface area contributed by atoms with Crippen LogP contribution in [0.3, 0.4) is 0 Å². The van der Waals surface area contributed by atoms with Crippen molar-refractivity contribution in [3.63, 3.8) is 0 Å². The molecule has 0 aliphatic carbocycles. The number of benzene rings is 2. The van der Waals surface area contributed by atoms with E-state index in [1.807, 2.05) is 24.3 Å². The van der Waals surface area contributed by atoms with Crippen LogP contribution in [-0.2, 0) is 27.3 Å². The fraction of sp³-hybridized carbons (Fsp3) is 0.375. The molecule has 0 unspecified atom stereocenters. The van der Waals surface area contributed by atoms with Crippen molar-refractivity contribution in [1.82, 2.24) is 5.32 Å². The summed E-state index contributed by atoms with van der Waals surface area (Å²) in [4.78, 5) is 12.5. The van der Waals surface area contributed by atoms with Crippen molar-refractivity contribution in [3.8, 4) is 0 Å². The van der Waals surface area contributed by atoms with E-state index in [1.54, 1.807) is 0 Å². The van der Waals surface area contributed by atoms with Gasteiger partial charge in [-0.05, 0) is 49.9 Å². The fourth-order valence-corrected chi connectivity index (χ4v) is 4.41. The number of carbonyl (C=O) groups excluding carboxylic acids is 1. The molecule has 5 rings (SSSR count). The van der Waals surface area contributed by atoms with Gasteiger partial charge in [0.15, 0.2) is 0 Å². The molecular formula is C24H26N2O3. The number of hydrogen-bond donors (Lipinski definition) is 2. The Morgan fingerprint density at radius 3 is 2.83 bits per heavy atom. The average Bonchev–Trinajstić information content (AvgIpc) is 3.31. The van der Waals surface area contributed by atoms with Crippen LogP contribution >= 0.6 is 0 Å². The molecule has 0 radical (unpaired) electrons. The van der Waals surface area contributed by atoms with Gasteiger partial charge in [0.1, 0.15) is 12.4 Å². The maximum Gasteiger partial charge on any atom is 0.260 e. The molecule has 3 aliphatic rings. The van der Waals surface area contributed by atoms with Crippen molar-refractivity contribution in [3.05, 3.63) is 64.7 Å². The van der Waals surface area contributed by atoms with Crippen molar-refractivity contribution >= 4 is 22.9 Å². The first kappa shape index (κ1) is 18.4. The van der Waals surface area contributed by atoms with Gasteiger partial charge < -0.3 is 20.1 Å². The normalized spacial score (nSPS) is 20.9. The number of fused-ring (bicyclic) bond motifs is 2. The Morgan fingerprint density at radius 2 is 1.93 bits per heavy atom. The molecule has 29 heavy (non-hydrogen) atoms. The van der Waals surface area contributed by atoms with Gasteiger partial charge in [0.05, 0.1) is 5.57 Å². The van der Waals surface area contributed by atoms with Crippen molar-refractivity contribution in [2.24, 2.45) is 5.92 Å². The lowest BCUT2D eigenvalue weighted by molar-refractivity contribution is -0.110. The van der Waals surface area contributed by atoms with E-state index in [-0.39, 0.29) is 5.91 Å². The van der Waals surface area contributed by atoms with Crippen LogP contribution < -0.4 is 10.6 Å². The number of carbonyl (C=O) groups is 1. The van der Waals surface area contributed by atoms with Crippen molar-refractivity contribution in [2.45, 2.75) is 25.9 Å². The number of rotatable bonds is 5. The summed E-state index contributed by atoms with van der Waals surface area (Å²) in [6.07, 6.45) is 3.32. The molecular weight excluding hydrogens is 364 g/mol. The summed E-state index contributed by atoms with van der Waals surface area (Å²) in [7, 11) is 0. The topological polar surface area (TPSA) is 59.6 Å². The minimum atomic E-state index is -0.0876. The molecule has 2 N–H and O–H groups in total. The van der Waals surface area contributed by atoms with Gasteiger partial charge in [0.25, 0.3) is 5.91 Å². The number of amides is 1. The fourth-order valence-electron chi connectivity index (χ4n) is 4.41. The van der Waals surface area contributed by atoms with Gasteiger partial charge in [-0.1, -0.05) is 36.4 Å². The van der Waals surface area contributed by atoms with E-state index in [4.69, 9.17) is 9.47 Å². The Morgan fingerprint density at radius 1 is 1.07 bits per heavy atom. The number of para-hydroxylation sites is 1. The maximum atomic E-state index is 12.5. The smallest absolute Gasteiger partial charge is 0.260 e. The number of nitrogens with one attached hydrogen (secondary N) is 2. The third kappa shape index (κ3) is 3.68. The van der Waals surface area contributed by atoms with Crippen LogP contribution in [0.5, 0.6) is 0 Å². The van der Waals surface area contributed by atoms with Gasteiger partial charge in [-0.25, -0.2) is 0 Å². The highest BCUT2D eigenvalue weighted by Crippen LogP contribution is 2.41. The first-order chi connectivity index (χ1) is 14.3. The highest BCUT2D eigenvalue weighted by Gasteiger charge is 2.32. The Hall–Kier alpha value is -2.63. The van der Waals surface area contributed by atoms with Gasteiger partial charge >= 0.3 is 0 Å². The predicted octanol–water partition coefficient (Wildman–Crippen LogP) is 3.60. The zero-order chi connectivity index (χ0) is 19.6. The molecule has 1 saturated heterocycles. The van der Waals surface area contributed by atoms with Crippen LogP contribution in [0.4, 0.5) is 5.69 Å². The van der Waals surface area contributed by atoms with E-state index in [0.29, 0.717) is 17.9 Å².